The van der Waals surface area contributed by atoms with E-state index in [1.54, 1.807) is 30.3 Å². The van der Waals surface area contributed by atoms with Gasteiger partial charge in [0.1, 0.15) is 5.75 Å². The molecule has 7 nitrogen and oxygen atoms in total. The largest absolute Gasteiger partial charge is 0.497 e. The number of aromatic carboxylic acids is 1. The van der Waals surface area contributed by atoms with Gasteiger partial charge < -0.3 is 15.2 Å². The van der Waals surface area contributed by atoms with Crippen LogP contribution in [0.1, 0.15) is 34.0 Å². The molecule has 3 rings (SSSR count). The van der Waals surface area contributed by atoms with Crippen molar-refractivity contribution in [2.75, 3.05) is 12.4 Å². The number of anilines is 1. The molecule has 31 heavy (non-hydrogen) atoms. The molecule has 0 radical (unpaired) electrons. The Bertz CT molecular complexity index is 1210. The second kappa shape index (κ2) is 9.18. The lowest BCUT2D eigenvalue weighted by molar-refractivity contribution is 0.0697. The van der Waals surface area contributed by atoms with Gasteiger partial charge in [-0.1, -0.05) is 19.1 Å². The van der Waals surface area contributed by atoms with Gasteiger partial charge in [-0.15, -0.1) is 0 Å². The van der Waals surface area contributed by atoms with Crippen LogP contribution in [-0.2, 0) is 22.8 Å². The number of ether oxygens (including phenoxy) is 1. The van der Waals surface area contributed by atoms with Gasteiger partial charge in [0.25, 0.3) is 0 Å². The summed E-state index contributed by atoms with van der Waals surface area (Å²) in [5, 5.41) is 12.7. The van der Waals surface area contributed by atoms with Gasteiger partial charge in [-0.3, -0.25) is 0 Å². The van der Waals surface area contributed by atoms with Gasteiger partial charge in [-0.05, 0) is 60.9 Å². The highest BCUT2D eigenvalue weighted by atomic mass is 32.2. The van der Waals surface area contributed by atoms with E-state index in [2.05, 4.69) is 10.3 Å². The smallest absolute Gasteiger partial charge is 0.337 e. The van der Waals surface area contributed by atoms with E-state index in [0.717, 1.165) is 11.1 Å². The molecule has 8 heteroatoms. The fourth-order valence-corrected chi connectivity index (χ4v) is 4.72. The number of carboxylic acids is 1. The Hall–Kier alpha value is -3.39. The molecule has 0 fully saturated rings. The van der Waals surface area contributed by atoms with Crippen molar-refractivity contribution in [3.05, 3.63) is 77.0 Å². The van der Waals surface area contributed by atoms with Crippen LogP contribution in [0.25, 0.3) is 0 Å². The van der Waals surface area contributed by atoms with Gasteiger partial charge >= 0.3 is 5.97 Å². The summed E-state index contributed by atoms with van der Waals surface area (Å²) in [5.74, 6) is -0.493. The maximum Gasteiger partial charge on any atom is 0.337 e. The second-order valence-electron chi connectivity index (χ2n) is 6.99. The zero-order valence-corrected chi connectivity index (χ0v) is 18.4. The van der Waals surface area contributed by atoms with Crippen LogP contribution in [0, 0.1) is 6.92 Å². The van der Waals surface area contributed by atoms with Crippen LogP contribution in [0.5, 0.6) is 5.75 Å². The lowest BCUT2D eigenvalue weighted by atomic mass is 10.0. The van der Waals surface area contributed by atoms with Crippen LogP contribution < -0.4 is 10.1 Å². The average Bonchev–Trinajstić information content (AvgIpc) is 2.77. The Kier molecular flexibility index (Phi) is 6.60. The Morgan fingerprint density at radius 3 is 2.48 bits per heavy atom. The fraction of sp³-hybridized carbons (Fsp3) is 0.217. The van der Waals surface area contributed by atoms with Crippen LogP contribution in [0.15, 0.2) is 64.6 Å². The number of methoxy groups -OCH3 is 1. The second-order valence-corrected chi connectivity index (χ2v) is 8.86. The molecule has 0 unspecified atom stereocenters. The van der Waals surface area contributed by atoms with E-state index in [-0.39, 0.29) is 22.0 Å². The summed E-state index contributed by atoms with van der Waals surface area (Å²) in [4.78, 5) is 16.0. The van der Waals surface area contributed by atoms with Gasteiger partial charge in [0.05, 0.1) is 23.3 Å². The minimum Gasteiger partial charge on any atom is -0.497 e. The molecular weight excluding hydrogens is 416 g/mol. The minimum atomic E-state index is -3.87. The predicted molar refractivity (Wildman–Crippen MR) is 118 cm³/mol. The monoisotopic (exact) mass is 440 g/mol. The van der Waals surface area contributed by atoms with Crippen molar-refractivity contribution in [2.24, 2.45) is 0 Å². The first kappa shape index (κ1) is 22.3. The molecule has 162 valence electrons. The van der Waals surface area contributed by atoms with Crippen molar-refractivity contribution in [2.45, 2.75) is 36.7 Å². The Balaban J connectivity index is 1.96. The number of pyridine rings is 1. The third-order valence-electron chi connectivity index (χ3n) is 4.96. The summed E-state index contributed by atoms with van der Waals surface area (Å²) < 4.78 is 31.4. The number of hydrogen-bond acceptors (Lipinski definition) is 6. The van der Waals surface area contributed by atoms with Gasteiger partial charge in [-0.2, -0.15) is 0 Å². The standard InChI is InChI=1S/C23H24N2O5S/c1-4-16-12-15(2)21(20(13-16)23(26)27)25-14-17-6-5-11-24-22(17)31(28,29)19-9-7-18(30-3)8-10-19/h5-13,25H,4,14H2,1-3H3,(H,26,27). The molecule has 0 amide bonds. The number of benzene rings is 2. The number of hydrogen-bond donors (Lipinski definition) is 2. The summed E-state index contributed by atoms with van der Waals surface area (Å²) >= 11 is 0. The third kappa shape index (κ3) is 4.69. The molecule has 0 aliphatic carbocycles. The molecule has 2 aromatic carbocycles. The molecule has 0 saturated heterocycles. The first-order chi connectivity index (χ1) is 14.8. The minimum absolute atomic E-state index is 0.0765. The zero-order valence-electron chi connectivity index (χ0n) is 17.5. The summed E-state index contributed by atoms with van der Waals surface area (Å²) in [6, 6.07) is 13.0. The zero-order chi connectivity index (χ0) is 22.6. The number of carbonyl (C=O) groups is 1. The number of nitrogens with one attached hydrogen (secondary N) is 1. The van der Waals surface area contributed by atoms with Crippen LogP contribution in [0.2, 0.25) is 0 Å². The Morgan fingerprint density at radius 2 is 1.87 bits per heavy atom. The molecule has 0 spiro atoms. The highest BCUT2D eigenvalue weighted by molar-refractivity contribution is 7.91. The summed E-state index contributed by atoms with van der Waals surface area (Å²) in [7, 11) is -2.36. The first-order valence-corrected chi connectivity index (χ1v) is 11.2. The van der Waals surface area contributed by atoms with Crippen molar-refractivity contribution in [1.82, 2.24) is 4.98 Å². The van der Waals surface area contributed by atoms with E-state index in [4.69, 9.17) is 4.74 Å². The fourth-order valence-electron chi connectivity index (χ4n) is 3.32. The molecule has 0 bridgehead atoms. The van der Waals surface area contributed by atoms with Crippen molar-refractivity contribution >= 4 is 21.5 Å². The predicted octanol–water partition coefficient (Wildman–Crippen LogP) is 4.10. The van der Waals surface area contributed by atoms with Crippen LogP contribution in [0.3, 0.4) is 0 Å². The van der Waals surface area contributed by atoms with E-state index >= 15 is 0 Å². The van der Waals surface area contributed by atoms with Crippen LogP contribution in [0.4, 0.5) is 5.69 Å². The summed E-state index contributed by atoms with van der Waals surface area (Å²) in [6.45, 7) is 3.89. The van der Waals surface area contributed by atoms with Gasteiger partial charge in [-0.25, -0.2) is 18.2 Å². The lowest BCUT2D eigenvalue weighted by Gasteiger charge is -2.16. The van der Waals surface area contributed by atoms with E-state index < -0.39 is 15.8 Å². The molecule has 2 N–H and O–H groups in total. The number of aromatic nitrogens is 1. The highest BCUT2D eigenvalue weighted by Gasteiger charge is 2.23. The van der Waals surface area contributed by atoms with E-state index in [9.17, 15) is 18.3 Å². The number of aryl methyl sites for hydroxylation is 2. The maximum absolute atomic E-state index is 13.2. The molecule has 0 saturated carbocycles. The molecule has 0 aliphatic heterocycles. The van der Waals surface area contributed by atoms with Gasteiger partial charge in [0.15, 0.2) is 5.03 Å². The molecule has 1 heterocycles. The molecular formula is C23H24N2O5S. The highest BCUT2D eigenvalue weighted by Crippen LogP contribution is 2.27. The average molecular weight is 441 g/mol. The van der Waals surface area contributed by atoms with Crippen molar-refractivity contribution < 1.29 is 23.1 Å². The normalized spacial score (nSPS) is 11.2. The summed E-state index contributed by atoms with van der Waals surface area (Å²) in [5.41, 5.74) is 2.75. The number of rotatable bonds is 8. The lowest BCUT2D eigenvalue weighted by Crippen LogP contribution is -2.13. The summed E-state index contributed by atoms with van der Waals surface area (Å²) in [6.07, 6.45) is 2.14. The van der Waals surface area contributed by atoms with Crippen LogP contribution in [-0.4, -0.2) is 31.6 Å². The van der Waals surface area contributed by atoms with Crippen molar-refractivity contribution in [3.8, 4) is 5.75 Å². The molecule has 0 aliphatic rings. The maximum atomic E-state index is 13.2. The third-order valence-corrected chi connectivity index (χ3v) is 6.73. The van der Waals surface area contributed by atoms with E-state index in [1.807, 2.05) is 19.9 Å². The van der Waals surface area contributed by atoms with Gasteiger partial charge in [0.2, 0.25) is 9.84 Å². The molecule has 1 aromatic heterocycles. The SMILES string of the molecule is CCc1cc(C)c(NCc2cccnc2S(=O)(=O)c2ccc(OC)cc2)c(C(=O)O)c1. The Labute approximate surface area is 181 Å². The molecule has 0 atom stereocenters. The topological polar surface area (TPSA) is 106 Å². The van der Waals surface area contributed by atoms with Crippen molar-refractivity contribution in [3.63, 3.8) is 0 Å². The first-order valence-electron chi connectivity index (χ1n) is 9.71. The van der Waals surface area contributed by atoms with E-state index in [0.29, 0.717) is 23.4 Å². The molecule has 3 aromatic rings. The number of sulfone groups is 1. The van der Waals surface area contributed by atoms with Crippen molar-refractivity contribution in [1.29, 1.82) is 0 Å². The van der Waals surface area contributed by atoms with E-state index in [1.165, 1.54) is 25.4 Å². The Morgan fingerprint density at radius 1 is 1.16 bits per heavy atom. The quantitative estimate of drug-likeness (QED) is 0.543. The van der Waals surface area contributed by atoms with Crippen LogP contribution >= 0.6 is 0 Å². The number of nitrogens with zero attached hydrogens (tertiary/aromatic N) is 1. The number of carboxylic acid groups (broad SMARTS) is 1. The van der Waals surface area contributed by atoms with Gasteiger partial charge in [0, 0.05) is 18.3 Å².